The van der Waals surface area contributed by atoms with Crippen LogP contribution in [0.1, 0.15) is 12.8 Å². The van der Waals surface area contributed by atoms with Crippen molar-refractivity contribution < 1.29 is 17.9 Å². The molecule has 1 N–H and O–H groups in total. The highest BCUT2D eigenvalue weighted by Crippen LogP contribution is 2.27. The van der Waals surface area contributed by atoms with Crippen molar-refractivity contribution in [2.45, 2.75) is 18.3 Å². The number of piperidine rings is 1. The van der Waals surface area contributed by atoms with Crippen molar-refractivity contribution in [2.24, 2.45) is 5.92 Å². The second-order valence-electron chi connectivity index (χ2n) is 6.33. The number of sulfone groups is 1. The number of ether oxygens (including phenoxy) is 2. The highest BCUT2D eigenvalue weighted by Gasteiger charge is 2.34. The molecule has 0 spiro atoms. The van der Waals surface area contributed by atoms with Crippen molar-refractivity contribution in [3.63, 3.8) is 0 Å². The fourth-order valence-corrected chi connectivity index (χ4v) is 4.53. The van der Waals surface area contributed by atoms with Crippen molar-refractivity contribution in [1.82, 2.24) is 15.3 Å². The van der Waals surface area contributed by atoms with Crippen LogP contribution in [0.5, 0.6) is 5.88 Å². The van der Waals surface area contributed by atoms with Gasteiger partial charge in [0, 0.05) is 31.3 Å². The lowest BCUT2D eigenvalue weighted by molar-refractivity contribution is 0.121. The molecule has 3 rings (SSSR count). The van der Waals surface area contributed by atoms with E-state index in [0.29, 0.717) is 32.3 Å². The quantitative estimate of drug-likeness (QED) is 0.735. The van der Waals surface area contributed by atoms with Gasteiger partial charge in [0.15, 0.2) is 9.84 Å². The van der Waals surface area contributed by atoms with Crippen LogP contribution in [-0.4, -0.2) is 69.5 Å². The van der Waals surface area contributed by atoms with Crippen molar-refractivity contribution >= 4 is 27.4 Å². The predicted octanol–water partition coefficient (Wildman–Crippen LogP) is 0.716. The molecule has 0 aliphatic carbocycles. The number of halogens is 1. The van der Waals surface area contributed by atoms with Gasteiger partial charge in [-0.25, -0.2) is 13.4 Å². The Morgan fingerprint density at radius 1 is 1.32 bits per heavy atom. The van der Waals surface area contributed by atoms with E-state index in [1.54, 1.807) is 0 Å². The Kier molecular flexibility index (Phi) is 5.98. The number of anilines is 1. The molecule has 2 aliphatic rings. The molecule has 2 fully saturated rings. The lowest BCUT2D eigenvalue weighted by Crippen LogP contribution is -2.41. The Hall–Kier alpha value is -1.16. The maximum absolute atomic E-state index is 12.3. The van der Waals surface area contributed by atoms with Gasteiger partial charge in [0.2, 0.25) is 17.3 Å². The lowest BCUT2D eigenvalue weighted by atomic mass is 9.99. The van der Waals surface area contributed by atoms with Crippen molar-refractivity contribution in [3.8, 4) is 5.88 Å². The van der Waals surface area contributed by atoms with E-state index in [4.69, 9.17) is 21.1 Å². The first kappa shape index (κ1) is 18.6. The molecule has 3 heterocycles. The molecule has 1 atom stereocenters. The zero-order valence-corrected chi connectivity index (χ0v) is 15.7. The number of morpholine rings is 1. The van der Waals surface area contributed by atoms with Gasteiger partial charge in [-0.15, -0.1) is 0 Å². The van der Waals surface area contributed by atoms with E-state index in [2.05, 4.69) is 15.3 Å². The Morgan fingerprint density at radius 2 is 2.00 bits per heavy atom. The summed E-state index contributed by atoms with van der Waals surface area (Å²) in [4.78, 5) is 10.5. The van der Waals surface area contributed by atoms with Crippen LogP contribution in [0.2, 0.25) is 5.15 Å². The second-order valence-corrected chi connectivity index (χ2v) is 8.84. The van der Waals surface area contributed by atoms with E-state index < -0.39 is 15.3 Å². The summed E-state index contributed by atoms with van der Waals surface area (Å²) in [5.41, 5.74) is -0.932. The fourth-order valence-electron chi connectivity index (χ4n) is 3.12. The zero-order valence-electron chi connectivity index (χ0n) is 14.1. The Balaban J connectivity index is 1.82. The Morgan fingerprint density at radius 3 is 2.64 bits per heavy atom. The minimum absolute atomic E-state index is 0.0724. The third-order valence-electron chi connectivity index (χ3n) is 4.38. The van der Waals surface area contributed by atoms with E-state index >= 15 is 0 Å². The molecule has 1 aromatic rings. The molecule has 1 aromatic heterocycles. The molecule has 0 bridgehead atoms. The fraction of sp³-hybridized carbons (Fsp3) is 0.733. The van der Waals surface area contributed by atoms with Crippen LogP contribution in [0.3, 0.4) is 0 Å². The monoisotopic (exact) mass is 390 g/mol. The van der Waals surface area contributed by atoms with Crippen LogP contribution in [-0.2, 0) is 14.6 Å². The summed E-state index contributed by atoms with van der Waals surface area (Å²) in [7, 11) is -3.40. The lowest BCUT2D eigenvalue weighted by Gasteiger charge is -2.30. The molecule has 25 heavy (non-hydrogen) atoms. The minimum atomic E-state index is -3.40. The predicted molar refractivity (Wildman–Crippen MR) is 94.9 cm³/mol. The van der Waals surface area contributed by atoms with Crippen molar-refractivity contribution in [3.05, 3.63) is 11.2 Å². The molecule has 140 valence electrons. The number of hydrogen-bond donors (Lipinski definition) is 1. The van der Waals surface area contributed by atoms with Gasteiger partial charge in [-0.1, -0.05) is 11.6 Å². The molecule has 1 unspecified atom stereocenters. The highest BCUT2D eigenvalue weighted by molar-refractivity contribution is 7.91. The molecule has 2 saturated heterocycles. The van der Waals surface area contributed by atoms with Gasteiger partial charge in [0.25, 0.3) is 0 Å². The maximum atomic E-state index is 12.3. The number of hydrogen-bond acceptors (Lipinski definition) is 8. The first-order valence-corrected chi connectivity index (χ1v) is 10.7. The molecule has 0 saturated carbocycles. The van der Waals surface area contributed by atoms with E-state index in [-0.39, 0.29) is 17.0 Å². The number of aromatic nitrogens is 2. The van der Waals surface area contributed by atoms with Crippen LogP contribution < -0.4 is 15.0 Å². The average molecular weight is 391 g/mol. The molecular weight excluding hydrogens is 368 g/mol. The van der Waals surface area contributed by atoms with Crippen molar-refractivity contribution in [2.75, 3.05) is 50.5 Å². The molecule has 0 radical (unpaired) electrons. The smallest absolute Gasteiger partial charge is 0.230 e. The van der Waals surface area contributed by atoms with Crippen LogP contribution >= 0.6 is 11.6 Å². The number of nitrogens with zero attached hydrogens (tertiary/aromatic N) is 3. The largest absolute Gasteiger partial charge is 0.457 e. The third-order valence-corrected chi connectivity index (χ3v) is 5.90. The van der Waals surface area contributed by atoms with Crippen LogP contribution in [0.25, 0.3) is 0 Å². The Bertz CT molecular complexity index is 691. The number of nitrogens with one attached hydrogen (secondary N) is 1. The SMILES string of the molecule is CS(=O)(=O)C(Oc1cc(Cl)nc(N2CCOCC2)n1)C1CCNCC1. The maximum Gasteiger partial charge on any atom is 0.230 e. The van der Waals surface area contributed by atoms with E-state index in [9.17, 15) is 8.42 Å². The average Bonchev–Trinajstić information content (AvgIpc) is 2.60. The van der Waals surface area contributed by atoms with Crippen LogP contribution in [0.4, 0.5) is 5.95 Å². The summed E-state index contributed by atoms with van der Waals surface area (Å²) in [6.45, 7) is 4.06. The third kappa shape index (κ3) is 4.93. The van der Waals surface area contributed by atoms with Gasteiger partial charge in [-0.2, -0.15) is 4.98 Å². The molecule has 2 aliphatic heterocycles. The standard InChI is InChI=1S/C15H23ClN4O4S/c1-25(21,22)14(11-2-4-17-5-3-11)24-13-10-12(16)18-15(19-13)20-6-8-23-9-7-20/h10-11,14,17H,2-9H2,1H3. The van der Waals surface area contributed by atoms with E-state index in [1.165, 1.54) is 12.3 Å². The minimum Gasteiger partial charge on any atom is -0.457 e. The van der Waals surface area contributed by atoms with Gasteiger partial charge in [-0.3, -0.25) is 0 Å². The normalized spacial score (nSPS) is 21.1. The van der Waals surface area contributed by atoms with E-state index in [0.717, 1.165) is 25.9 Å². The summed E-state index contributed by atoms with van der Waals surface area (Å²) < 4.78 is 35.7. The van der Waals surface area contributed by atoms with Gasteiger partial charge in [0.05, 0.1) is 13.2 Å². The van der Waals surface area contributed by atoms with Crippen molar-refractivity contribution in [1.29, 1.82) is 0 Å². The Labute approximate surface area is 152 Å². The molecule has 10 heteroatoms. The first-order chi connectivity index (χ1) is 11.9. The zero-order chi connectivity index (χ0) is 17.9. The molecule has 0 amide bonds. The topological polar surface area (TPSA) is 93.7 Å². The summed E-state index contributed by atoms with van der Waals surface area (Å²) in [6, 6.07) is 1.46. The highest BCUT2D eigenvalue weighted by atomic mass is 35.5. The van der Waals surface area contributed by atoms with Gasteiger partial charge >= 0.3 is 0 Å². The summed E-state index contributed by atoms with van der Waals surface area (Å²) in [6.07, 6.45) is 2.69. The molecule has 0 aromatic carbocycles. The van der Waals surface area contributed by atoms with Gasteiger partial charge in [-0.05, 0) is 25.9 Å². The summed E-state index contributed by atoms with van der Waals surface area (Å²) >= 11 is 6.10. The van der Waals surface area contributed by atoms with Gasteiger partial charge < -0.3 is 19.7 Å². The summed E-state index contributed by atoms with van der Waals surface area (Å²) in [5, 5.41) is 3.46. The van der Waals surface area contributed by atoms with E-state index in [1.807, 2.05) is 4.90 Å². The summed E-state index contributed by atoms with van der Waals surface area (Å²) in [5.74, 6) is 0.552. The first-order valence-electron chi connectivity index (χ1n) is 8.37. The van der Waals surface area contributed by atoms with Crippen LogP contribution in [0, 0.1) is 5.92 Å². The number of rotatable bonds is 5. The van der Waals surface area contributed by atoms with Crippen LogP contribution in [0.15, 0.2) is 6.07 Å². The second kappa shape index (κ2) is 8.03. The molecular formula is C15H23ClN4O4S. The van der Waals surface area contributed by atoms with Gasteiger partial charge in [0.1, 0.15) is 5.15 Å². The molecule has 8 nitrogen and oxygen atoms in total.